The van der Waals surface area contributed by atoms with Gasteiger partial charge in [-0.05, 0) is 43.7 Å². The van der Waals surface area contributed by atoms with E-state index in [-0.39, 0.29) is 3.89 Å². The highest BCUT2D eigenvalue weighted by molar-refractivity contribution is 7.78. The van der Waals surface area contributed by atoms with Crippen LogP contribution in [0.15, 0.2) is 36.5 Å². The Kier molecular flexibility index (Phi) is 6.71. The molecule has 1 aromatic carbocycles. The molecule has 2 heterocycles. The Balaban J connectivity index is 1.65. The van der Waals surface area contributed by atoms with Crippen LogP contribution in [-0.2, 0) is 11.3 Å². The van der Waals surface area contributed by atoms with E-state index in [1.54, 1.807) is 14.1 Å². The molecule has 178 valence electrons. The van der Waals surface area contributed by atoms with Crippen LogP contribution in [0.25, 0.3) is 5.65 Å². The number of nitrogens with two attached hydrogens (primary N) is 1. The fourth-order valence-corrected chi connectivity index (χ4v) is 4.47. The van der Waals surface area contributed by atoms with Gasteiger partial charge in [-0.3, -0.25) is 4.55 Å². The van der Waals surface area contributed by atoms with Gasteiger partial charge in [0.2, 0.25) is 0 Å². The normalized spacial score (nSPS) is 20.2. The summed E-state index contributed by atoms with van der Waals surface area (Å²) in [7, 11) is 3.39. The predicted octanol–water partition coefficient (Wildman–Crippen LogP) is 3.98. The summed E-state index contributed by atoms with van der Waals surface area (Å²) in [6, 6.07) is 10.1. The van der Waals surface area contributed by atoms with E-state index in [1.807, 2.05) is 41.0 Å². The molecule has 3 aromatic rings. The molecule has 0 aliphatic heterocycles. The van der Waals surface area contributed by atoms with Crippen LogP contribution < -0.4 is 20.3 Å². The Morgan fingerprint density at radius 1 is 1.18 bits per heavy atom. The van der Waals surface area contributed by atoms with Crippen molar-refractivity contribution in [1.29, 1.82) is 0 Å². The summed E-state index contributed by atoms with van der Waals surface area (Å²) in [5.41, 5.74) is 9.58. The molecule has 1 fully saturated rings. The van der Waals surface area contributed by atoms with Crippen LogP contribution in [0.4, 0.5) is 23.0 Å². The van der Waals surface area contributed by atoms with Crippen LogP contribution in [0.5, 0.6) is 0 Å². The first-order valence-electron chi connectivity index (χ1n) is 11.4. The predicted molar refractivity (Wildman–Crippen MR) is 135 cm³/mol. The van der Waals surface area contributed by atoms with Crippen molar-refractivity contribution >= 4 is 39.9 Å². The van der Waals surface area contributed by atoms with Gasteiger partial charge in [0.15, 0.2) is 5.65 Å². The van der Waals surface area contributed by atoms with E-state index in [0.717, 1.165) is 59.9 Å². The maximum absolute atomic E-state index is 11.7. The van der Waals surface area contributed by atoms with Crippen molar-refractivity contribution in [3.05, 3.63) is 42.1 Å². The van der Waals surface area contributed by atoms with E-state index in [2.05, 4.69) is 29.6 Å². The van der Waals surface area contributed by atoms with Gasteiger partial charge in [-0.15, -0.1) is 0 Å². The van der Waals surface area contributed by atoms with Gasteiger partial charge in [0.1, 0.15) is 17.3 Å². The Labute approximate surface area is 197 Å². The lowest BCUT2D eigenvalue weighted by molar-refractivity contribution is 0.410. The van der Waals surface area contributed by atoms with Crippen LogP contribution in [0.2, 0.25) is 0 Å². The van der Waals surface area contributed by atoms with Gasteiger partial charge in [0.25, 0.3) is 0 Å². The number of benzene rings is 1. The molecule has 10 heteroatoms. The minimum Gasteiger partial charge on any atom is -0.367 e. The molecule has 1 aliphatic rings. The topological polar surface area (TPSA) is 118 Å². The number of quaternary nitrogens is 1. The summed E-state index contributed by atoms with van der Waals surface area (Å²) in [5, 5.41) is 11.6. The van der Waals surface area contributed by atoms with Gasteiger partial charge in [0, 0.05) is 41.5 Å². The zero-order valence-corrected chi connectivity index (χ0v) is 20.5. The number of nitrogens with zero attached hydrogens (tertiary/aromatic N) is 4. The van der Waals surface area contributed by atoms with Gasteiger partial charge in [0.05, 0.1) is 20.3 Å². The van der Waals surface area contributed by atoms with Crippen molar-refractivity contribution in [1.82, 2.24) is 18.5 Å². The highest BCUT2D eigenvalue weighted by atomic mass is 32.2. The fourth-order valence-electron chi connectivity index (χ4n) is 4.16. The van der Waals surface area contributed by atoms with Crippen LogP contribution in [-0.4, -0.2) is 49.5 Å². The number of hydrogen-bond donors (Lipinski definition) is 4. The molecule has 0 bridgehead atoms. The van der Waals surface area contributed by atoms with E-state index in [9.17, 15) is 8.76 Å². The molecule has 0 spiro atoms. The Bertz CT molecular complexity index is 1140. The molecule has 33 heavy (non-hydrogen) atoms. The quantitative estimate of drug-likeness (QED) is 0.303. The molecule has 1 aliphatic carbocycles. The van der Waals surface area contributed by atoms with Crippen molar-refractivity contribution < 1.29 is 8.76 Å². The van der Waals surface area contributed by atoms with Crippen molar-refractivity contribution in [2.24, 2.45) is 5.73 Å². The zero-order valence-electron chi connectivity index (χ0n) is 19.7. The summed E-state index contributed by atoms with van der Waals surface area (Å²) in [4.78, 5) is 4.89. The van der Waals surface area contributed by atoms with Crippen LogP contribution in [0, 0.1) is 0 Å². The maximum atomic E-state index is 11.7. The van der Waals surface area contributed by atoms with Crippen molar-refractivity contribution in [3.8, 4) is 0 Å². The summed E-state index contributed by atoms with van der Waals surface area (Å²) >= 11 is -2.02. The van der Waals surface area contributed by atoms with E-state index < -0.39 is 11.3 Å². The second-order valence-electron chi connectivity index (χ2n) is 9.53. The Morgan fingerprint density at radius 3 is 2.45 bits per heavy atom. The lowest BCUT2D eigenvalue weighted by Gasteiger charge is -2.27. The van der Waals surface area contributed by atoms with Crippen molar-refractivity contribution in [2.45, 2.75) is 57.5 Å². The van der Waals surface area contributed by atoms with E-state index in [0.29, 0.717) is 18.0 Å². The van der Waals surface area contributed by atoms with Gasteiger partial charge >= 0.3 is 11.3 Å². The average Bonchev–Trinajstić information content (AvgIpc) is 3.20. The Hall–Kier alpha value is -2.53. The van der Waals surface area contributed by atoms with Crippen LogP contribution in [0.3, 0.4) is 0 Å². The average molecular weight is 473 g/mol. The van der Waals surface area contributed by atoms with Crippen molar-refractivity contribution in [3.63, 3.8) is 0 Å². The lowest BCUT2D eigenvalue weighted by atomic mass is 9.92. The minimum absolute atomic E-state index is 0.129. The Morgan fingerprint density at radius 2 is 1.85 bits per heavy atom. The maximum Gasteiger partial charge on any atom is 0.363 e. The third kappa shape index (κ3) is 5.03. The minimum atomic E-state index is -2.02. The number of nitrogens with one attached hydrogen (secondary N) is 2. The molecule has 0 amide bonds. The molecule has 1 unspecified atom stereocenters. The first kappa shape index (κ1) is 23.6. The second kappa shape index (κ2) is 9.38. The van der Waals surface area contributed by atoms with Crippen LogP contribution >= 0.6 is 0 Å². The molecule has 1 saturated carbocycles. The SMILES string of the molecule is CC(C)c1cnn2c(Nc3ccc([N+](C)(C)S(=O)O)cc3)cc(NC3CCC(N)CC3)nc12. The lowest BCUT2D eigenvalue weighted by Crippen LogP contribution is -2.41. The molecular weight excluding hydrogens is 438 g/mol. The zero-order chi connectivity index (χ0) is 23.8. The number of rotatable bonds is 7. The third-order valence-corrected chi connectivity index (χ3v) is 7.39. The summed E-state index contributed by atoms with van der Waals surface area (Å²) in [6.07, 6.45) is 5.99. The molecular formula is C23H34N7O2S+. The first-order chi connectivity index (χ1) is 15.6. The fraction of sp³-hybridized carbons (Fsp3) is 0.478. The van der Waals surface area contributed by atoms with Gasteiger partial charge in [-0.1, -0.05) is 13.8 Å². The van der Waals surface area contributed by atoms with Gasteiger partial charge < -0.3 is 16.4 Å². The molecule has 0 radical (unpaired) electrons. The number of hydrogen-bond acceptors (Lipinski definition) is 6. The van der Waals surface area contributed by atoms with Crippen molar-refractivity contribution in [2.75, 3.05) is 24.7 Å². The summed E-state index contributed by atoms with van der Waals surface area (Å²) in [6.45, 7) is 4.27. The monoisotopic (exact) mass is 472 g/mol. The number of fused-ring (bicyclic) bond motifs is 1. The largest absolute Gasteiger partial charge is 0.367 e. The highest BCUT2D eigenvalue weighted by Crippen LogP contribution is 2.29. The molecule has 9 nitrogen and oxygen atoms in total. The second-order valence-corrected chi connectivity index (χ2v) is 10.9. The molecule has 2 aromatic heterocycles. The summed E-state index contributed by atoms with van der Waals surface area (Å²) in [5.74, 6) is 1.91. The third-order valence-electron chi connectivity index (χ3n) is 6.40. The molecule has 0 saturated heterocycles. The first-order valence-corrected chi connectivity index (χ1v) is 12.5. The van der Waals surface area contributed by atoms with E-state index in [1.165, 1.54) is 0 Å². The van der Waals surface area contributed by atoms with E-state index >= 15 is 0 Å². The molecule has 4 rings (SSSR count). The number of anilines is 3. The van der Waals surface area contributed by atoms with E-state index in [4.69, 9.17) is 10.7 Å². The molecule has 5 N–H and O–H groups in total. The van der Waals surface area contributed by atoms with Gasteiger partial charge in [-0.2, -0.15) is 17.7 Å². The number of aromatic nitrogens is 3. The summed E-state index contributed by atoms with van der Waals surface area (Å²) < 4.78 is 22.9. The standard InChI is InChI=1S/C23H33N7O2S/c1-15(2)20-14-25-29-22(27-18-9-11-19(12-10-18)30(3,4)33(31)32)13-21(28-23(20)29)26-17-7-5-16(24)6-8-17/h9-17,27H,5-8,24H2,1-4H3,(H-,26,28,31,32)/p+1. The highest BCUT2D eigenvalue weighted by Gasteiger charge is 2.26. The van der Waals surface area contributed by atoms with Gasteiger partial charge in [-0.25, -0.2) is 4.98 Å². The van der Waals surface area contributed by atoms with Crippen LogP contribution in [0.1, 0.15) is 51.0 Å². The molecule has 1 atom stereocenters. The smallest absolute Gasteiger partial charge is 0.363 e.